The fourth-order valence-electron chi connectivity index (χ4n) is 3.02. The zero-order valence-corrected chi connectivity index (χ0v) is 15.1. The molecule has 3 aromatic rings. The molecule has 0 radical (unpaired) electrons. The molecular formula is C20H17FN4O3. The first-order valence-corrected chi connectivity index (χ1v) is 8.67. The zero-order chi connectivity index (χ0) is 19.7. The maximum Gasteiger partial charge on any atom is 0.414 e. The summed E-state index contributed by atoms with van der Waals surface area (Å²) in [7, 11) is 1.72. The number of carbonyl (C=O) groups excluding carboxylic acids is 2. The van der Waals surface area contributed by atoms with E-state index in [0.717, 1.165) is 5.56 Å². The Bertz CT molecular complexity index is 1030. The molecule has 0 saturated carbocycles. The Morgan fingerprint density at radius 3 is 2.50 bits per heavy atom. The number of anilines is 2. The van der Waals surface area contributed by atoms with E-state index in [0.29, 0.717) is 30.2 Å². The normalized spacial score (nSPS) is 13.5. The molecule has 1 fully saturated rings. The maximum atomic E-state index is 13.1. The molecule has 1 N–H and O–H groups in total. The number of amides is 2. The fourth-order valence-corrected chi connectivity index (χ4v) is 3.02. The fraction of sp³-hybridized carbons (Fsp3) is 0.150. The van der Waals surface area contributed by atoms with Gasteiger partial charge in [0, 0.05) is 18.4 Å². The molecule has 2 amide bonds. The predicted molar refractivity (Wildman–Crippen MR) is 102 cm³/mol. The van der Waals surface area contributed by atoms with Crippen LogP contribution in [-0.4, -0.2) is 34.9 Å². The maximum absolute atomic E-state index is 13.1. The van der Waals surface area contributed by atoms with Gasteiger partial charge >= 0.3 is 6.09 Å². The molecule has 142 valence electrons. The number of ether oxygens (including phenoxy) is 1. The van der Waals surface area contributed by atoms with Crippen molar-refractivity contribution in [2.24, 2.45) is 7.05 Å². The lowest BCUT2D eigenvalue weighted by Gasteiger charge is -2.13. The van der Waals surface area contributed by atoms with Crippen LogP contribution in [0.2, 0.25) is 0 Å². The van der Waals surface area contributed by atoms with E-state index >= 15 is 0 Å². The number of hydrogen-bond donors (Lipinski definition) is 1. The Morgan fingerprint density at radius 2 is 1.86 bits per heavy atom. The van der Waals surface area contributed by atoms with E-state index < -0.39 is 0 Å². The van der Waals surface area contributed by atoms with Crippen LogP contribution < -0.4 is 10.2 Å². The Labute approximate surface area is 160 Å². The summed E-state index contributed by atoms with van der Waals surface area (Å²) in [5, 5.41) is 7.02. The standard InChI is InChI=1S/C20H17FN4O3/c1-24-18(13-2-4-14(21)5-3-13)12-17(23-24)19(26)22-15-6-8-16(9-7-15)25-10-11-28-20(25)27/h2-9,12H,10-11H2,1H3,(H,22,26). The van der Waals surface area contributed by atoms with Gasteiger partial charge in [-0.05, 0) is 60.2 Å². The van der Waals surface area contributed by atoms with Gasteiger partial charge in [-0.1, -0.05) is 0 Å². The van der Waals surface area contributed by atoms with Gasteiger partial charge in [0.2, 0.25) is 0 Å². The minimum atomic E-state index is -0.376. The van der Waals surface area contributed by atoms with Crippen LogP contribution in [0.25, 0.3) is 11.3 Å². The Morgan fingerprint density at radius 1 is 1.14 bits per heavy atom. The van der Waals surface area contributed by atoms with Gasteiger partial charge in [-0.2, -0.15) is 5.10 Å². The van der Waals surface area contributed by atoms with E-state index in [1.807, 2.05) is 0 Å². The summed E-state index contributed by atoms with van der Waals surface area (Å²) in [6.45, 7) is 0.873. The molecule has 0 aliphatic carbocycles. The predicted octanol–water partition coefficient (Wildman–Crippen LogP) is 3.44. The third-order valence-corrected chi connectivity index (χ3v) is 4.45. The molecule has 8 heteroatoms. The van der Waals surface area contributed by atoms with Gasteiger partial charge in [-0.25, -0.2) is 9.18 Å². The molecule has 0 spiro atoms. The van der Waals surface area contributed by atoms with Gasteiger partial charge < -0.3 is 10.1 Å². The highest BCUT2D eigenvalue weighted by Crippen LogP contribution is 2.23. The lowest BCUT2D eigenvalue weighted by Crippen LogP contribution is -2.23. The van der Waals surface area contributed by atoms with Crippen molar-refractivity contribution in [1.82, 2.24) is 9.78 Å². The number of halogens is 1. The van der Waals surface area contributed by atoms with Crippen molar-refractivity contribution in [3.8, 4) is 11.3 Å². The van der Waals surface area contributed by atoms with Crippen LogP contribution in [0.3, 0.4) is 0 Å². The molecule has 0 unspecified atom stereocenters. The van der Waals surface area contributed by atoms with Crippen molar-refractivity contribution in [3.05, 3.63) is 66.1 Å². The molecule has 28 heavy (non-hydrogen) atoms. The molecule has 2 heterocycles. The van der Waals surface area contributed by atoms with E-state index in [-0.39, 0.29) is 23.5 Å². The molecule has 1 aromatic heterocycles. The highest BCUT2D eigenvalue weighted by atomic mass is 19.1. The van der Waals surface area contributed by atoms with E-state index in [1.54, 1.807) is 54.2 Å². The first-order valence-electron chi connectivity index (χ1n) is 8.67. The Hall–Kier alpha value is -3.68. The first-order chi connectivity index (χ1) is 13.5. The number of nitrogens with zero attached hydrogens (tertiary/aromatic N) is 3. The van der Waals surface area contributed by atoms with Gasteiger partial charge in [0.15, 0.2) is 5.69 Å². The van der Waals surface area contributed by atoms with Gasteiger partial charge in [0.1, 0.15) is 12.4 Å². The van der Waals surface area contributed by atoms with Gasteiger partial charge in [0.05, 0.1) is 12.2 Å². The SMILES string of the molecule is Cn1nc(C(=O)Nc2ccc(N3CCOC3=O)cc2)cc1-c1ccc(F)cc1. The average Bonchev–Trinajstić information content (AvgIpc) is 3.29. The molecule has 4 rings (SSSR count). The van der Waals surface area contributed by atoms with Crippen LogP contribution >= 0.6 is 0 Å². The van der Waals surface area contributed by atoms with Crippen LogP contribution in [0.15, 0.2) is 54.6 Å². The first kappa shape index (κ1) is 17.7. The molecule has 1 aliphatic rings. The van der Waals surface area contributed by atoms with E-state index in [4.69, 9.17) is 4.74 Å². The number of rotatable bonds is 4. The molecule has 1 aliphatic heterocycles. The van der Waals surface area contributed by atoms with E-state index in [2.05, 4.69) is 10.4 Å². The summed E-state index contributed by atoms with van der Waals surface area (Å²) >= 11 is 0. The minimum Gasteiger partial charge on any atom is -0.447 e. The zero-order valence-electron chi connectivity index (χ0n) is 15.1. The van der Waals surface area contributed by atoms with E-state index in [1.165, 1.54) is 17.0 Å². The third-order valence-electron chi connectivity index (χ3n) is 4.45. The van der Waals surface area contributed by atoms with Crippen molar-refractivity contribution in [2.75, 3.05) is 23.4 Å². The van der Waals surface area contributed by atoms with Crippen molar-refractivity contribution in [3.63, 3.8) is 0 Å². The molecule has 0 bridgehead atoms. The lowest BCUT2D eigenvalue weighted by atomic mass is 10.1. The van der Waals surface area contributed by atoms with Crippen molar-refractivity contribution in [1.29, 1.82) is 0 Å². The Kier molecular flexibility index (Phi) is 4.52. The van der Waals surface area contributed by atoms with Crippen LogP contribution in [0.1, 0.15) is 10.5 Å². The van der Waals surface area contributed by atoms with Crippen molar-refractivity contribution in [2.45, 2.75) is 0 Å². The van der Waals surface area contributed by atoms with E-state index in [9.17, 15) is 14.0 Å². The number of carbonyl (C=O) groups is 2. The van der Waals surface area contributed by atoms with Gasteiger partial charge in [0.25, 0.3) is 5.91 Å². The number of nitrogens with one attached hydrogen (secondary N) is 1. The monoisotopic (exact) mass is 380 g/mol. The number of hydrogen-bond acceptors (Lipinski definition) is 4. The number of aromatic nitrogens is 2. The quantitative estimate of drug-likeness (QED) is 0.752. The molecular weight excluding hydrogens is 363 g/mol. The molecule has 2 aromatic carbocycles. The van der Waals surface area contributed by atoms with Gasteiger partial charge in [-0.3, -0.25) is 14.4 Å². The second-order valence-electron chi connectivity index (χ2n) is 6.31. The highest BCUT2D eigenvalue weighted by Gasteiger charge is 2.23. The number of cyclic esters (lactones) is 1. The molecule has 1 saturated heterocycles. The number of benzene rings is 2. The summed E-state index contributed by atoms with van der Waals surface area (Å²) in [5.74, 6) is -0.688. The average molecular weight is 380 g/mol. The second-order valence-corrected chi connectivity index (χ2v) is 6.31. The lowest BCUT2D eigenvalue weighted by molar-refractivity contribution is 0.102. The third kappa shape index (κ3) is 3.44. The number of aryl methyl sites for hydroxylation is 1. The summed E-state index contributed by atoms with van der Waals surface area (Å²) < 4.78 is 19.6. The summed E-state index contributed by atoms with van der Waals surface area (Å²) in [5.41, 5.74) is 2.99. The molecule has 0 atom stereocenters. The summed E-state index contributed by atoms with van der Waals surface area (Å²) in [6.07, 6.45) is -0.376. The highest BCUT2D eigenvalue weighted by molar-refractivity contribution is 6.03. The van der Waals surface area contributed by atoms with Crippen LogP contribution in [-0.2, 0) is 11.8 Å². The van der Waals surface area contributed by atoms with Crippen LogP contribution in [0, 0.1) is 5.82 Å². The smallest absolute Gasteiger partial charge is 0.414 e. The van der Waals surface area contributed by atoms with Crippen LogP contribution in [0.4, 0.5) is 20.6 Å². The van der Waals surface area contributed by atoms with Crippen molar-refractivity contribution >= 4 is 23.4 Å². The van der Waals surface area contributed by atoms with Gasteiger partial charge in [-0.15, -0.1) is 0 Å². The van der Waals surface area contributed by atoms with Crippen molar-refractivity contribution < 1.29 is 18.7 Å². The molecule has 7 nitrogen and oxygen atoms in total. The summed E-state index contributed by atoms with van der Waals surface area (Å²) in [6, 6.07) is 14.5. The largest absolute Gasteiger partial charge is 0.447 e. The Balaban J connectivity index is 1.49. The topological polar surface area (TPSA) is 76.5 Å². The van der Waals surface area contributed by atoms with Crippen LogP contribution in [0.5, 0.6) is 0 Å². The summed E-state index contributed by atoms with van der Waals surface area (Å²) in [4.78, 5) is 25.6. The second kappa shape index (κ2) is 7.15. The minimum absolute atomic E-state index is 0.244.